The van der Waals surface area contributed by atoms with Gasteiger partial charge < -0.3 is 15.2 Å². The van der Waals surface area contributed by atoms with Crippen molar-refractivity contribution in [3.05, 3.63) is 83.9 Å². The summed E-state index contributed by atoms with van der Waals surface area (Å²) in [6, 6.07) is 22.1. The minimum Gasteiger partial charge on any atom is -0.479 e. The van der Waals surface area contributed by atoms with E-state index in [0.29, 0.717) is 5.56 Å². The first kappa shape index (κ1) is 17.5. The molecule has 0 spiro atoms. The molecule has 5 nitrogen and oxygen atoms in total. The maximum absolute atomic E-state index is 12.2. The molecule has 0 saturated heterocycles. The number of ether oxygens (including phenoxy) is 1. The van der Waals surface area contributed by atoms with Gasteiger partial charge in [0.15, 0.2) is 5.54 Å². The van der Waals surface area contributed by atoms with E-state index in [9.17, 15) is 14.7 Å². The van der Waals surface area contributed by atoms with Gasteiger partial charge in [0, 0.05) is 0 Å². The van der Waals surface area contributed by atoms with Crippen LogP contribution in [0.4, 0.5) is 4.79 Å². The average molecular weight is 349 g/mol. The van der Waals surface area contributed by atoms with E-state index >= 15 is 0 Å². The van der Waals surface area contributed by atoms with Gasteiger partial charge in [0.1, 0.15) is 6.61 Å². The molecule has 0 saturated carbocycles. The van der Waals surface area contributed by atoms with Crippen LogP contribution in [0.2, 0.25) is 0 Å². The van der Waals surface area contributed by atoms with Crippen molar-refractivity contribution in [2.24, 2.45) is 0 Å². The monoisotopic (exact) mass is 349 g/mol. The Labute approximate surface area is 151 Å². The van der Waals surface area contributed by atoms with E-state index in [2.05, 4.69) is 5.32 Å². The van der Waals surface area contributed by atoms with Gasteiger partial charge in [-0.15, -0.1) is 0 Å². The fraction of sp³-hybridized carbons (Fsp3) is 0.143. The van der Waals surface area contributed by atoms with Gasteiger partial charge in [-0.05, 0) is 34.9 Å². The number of nitrogens with one attached hydrogen (secondary N) is 1. The highest BCUT2D eigenvalue weighted by Crippen LogP contribution is 2.25. The molecule has 0 aromatic heterocycles. The highest BCUT2D eigenvalue weighted by atomic mass is 16.5. The maximum Gasteiger partial charge on any atom is 0.408 e. The van der Waals surface area contributed by atoms with E-state index in [1.807, 2.05) is 60.7 Å². The number of hydrogen-bond acceptors (Lipinski definition) is 3. The van der Waals surface area contributed by atoms with Gasteiger partial charge in [0.2, 0.25) is 0 Å². The molecule has 0 aliphatic carbocycles. The molecule has 132 valence electrons. The Hall–Kier alpha value is -3.34. The van der Waals surface area contributed by atoms with Gasteiger partial charge in [-0.1, -0.05) is 66.7 Å². The fourth-order valence-corrected chi connectivity index (χ4v) is 2.71. The predicted octanol–water partition coefficient (Wildman–Crippen LogP) is 4.07. The van der Waals surface area contributed by atoms with Crippen molar-refractivity contribution >= 4 is 22.8 Å². The Balaban J connectivity index is 1.80. The molecule has 2 N–H and O–H groups in total. The fourth-order valence-electron chi connectivity index (χ4n) is 2.71. The van der Waals surface area contributed by atoms with Crippen LogP contribution in [0.5, 0.6) is 0 Å². The van der Waals surface area contributed by atoms with E-state index in [1.54, 1.807) is 12.1 Å². The van der Waals surface area contributed by atoms with E-state index in [4.69, 9.17) is 4.74 Å². The Kier molecular flexibility index (Phi) is 4.89. The second-order valence-corrected chi connectivity index (χ2v) is 6.18. The lowest BCUT2D eigenvalue weighted by Crippen LogP contribution is -2.49. The lowest BCUT2D eigenvalue weighted by atomic mass is 9.90. The third kappa shape index (κ3) is 3.67. The topological polar surface area (TPSA) is 75.6 Å². The van der Waals surface area contributed by atoms with Crippen LogP contribution >= 0.6 is 0 Å². The summed E-state index contributed by atoms with van der Waals surface area (Å²) in [6.07, 6.45) is -0.785. The molecule has 5 heteroatoms. The molecule has 0 aliphatic heterocycles. The van der Waals surface area contributed by atoms with Crippen molar-refractivity contribution < 1.29 is 19.4 Å². The van der Waals surface area contributed by atoms with E-state index < -0.39 is 17.6 Å². The molecule has 3 aromatic rings. The number of rotatable bonds is 5. The molecular weight excluding hydrogens is 330 g/mol. The van der Waals surface area contributed by atoms with Crippen molar-refractivity contribution in [3.8, 4) is 0 Å². The summed E-state index contributed by atoms with van der Waals surface area (Å²) in [5, 5.41) is 14.1. The largest absolute Gasteiger partial charge is 0.479 e. The van der Waals surface area contributed by atoms with Gasteiger partial charge in [0.05, 0.1) is 0 Å². The summed E-state index contributed by atoms with van der Waals surface area (Å²) in [7, 11) is 0. The van der Waals surface area contributed by atoms with Crippen molar-refractivity contribution in [1.29, 1.82) is 0 Å². The lowest BCUT2D eigenvalue weighted by Gasteiger charge is -2.26. The normalized spacial score (nSPS) is 13.0. The van der Waals surface area contributed by atoms with Crippen molar-refractivity contribution in [1.82, 2.24) is 5.32 Å². The molecule has 0 unspecified atom stereocenters. The number of alkyl carbamates (subject to hydrolysis) is 1. The van der Waals surface area contributed by atoms with Crippen LogP contribution in [0.15, 0.2) is 72.8 Å². The van der Waals surface area contributed by atoms with Crippen LogP contribution in [0.1, 0.15) is 18.1 Å². The van der Waals surface area contributed by atoms with Gasteiger partial charge >= 0.3 is 12.1 Å². The molecule has 0 fully saturated rings. The number of fused-ring (bicyclic) bond motifs is 1. The SMILES string of the molecule is C[C@@](NC(=O)OCc1ccccc1)(C(=O)O)c1ccc2ccccc2c1. The highest BCUT2D eigenvalue weighted by Gasteiger charge is 2.37. The molecule has 1 atom stereocenters. The molecule has 3 aromatic carbocycles. The number of carbonyl (C=O) groups is 2. The van der Waals surface area contributed by atoms with Crippen molar-refractivity contribution in [2.45, 2.75) is 19.1 Å². The van der Waals surface area contributed by atoms with E-state index in [1.165, 1.54) is 6.92 Å². The number of carbonyl (C=O) groups excluding carboxylic acids is 1. The highest BCUT2D eigenvalue weighted by molar-refractivity contribution is 5.89. The van der Waals surface area contributed by atoms with Gasteiger partial charge in [-0.25, -0.2) is 9.59 Å². The third-order valence-corrected chi connectivity index (χ3v) is 4.32. The van der Waals surface area contributed by atoms with Gasteiger partial charge in [-0.3, -0.25) is 0 Å². The Morgan fingerprint density at radius 3 is 2.31 bits per heavy atom. The summed E-state index contributed by atoms with van der Waals surface area (Å²) in [5.41, 5.74) is -0.302. The van der Waals surface area contributed by atoms with Crippen LogP contribution in [0.3, 0.4) is 0 Å². The lowest BCUT2D eigenvalue weighted by molar-refractivity contribution is -0.144. The zero-order valence-corrected chi connectivity index (χ0v) is 14.3. The zero-order chi connectivity index (χ0) is 18.6. The second kappa shape index (κ2) is 7.27. The summed E-state index contributed by atoms with van der Waals surface area (Å²) in [4.78, 5) is 24.1. The molecule has 0 heterocycles. The third-order valence-electron chi connectivity index (χ3n) is 4.32. The number of amides is 1. The standard InChI is InChI=1S/C21H19NO4/c1-21(19(23)24,18-12-11-16-9-5-6-10-17(16)13-18)22-20(25)26-14-15-7-3-2-4-8-15/h2-13H,14H2,1H3,(H,22,25)(H,23,24)/t21-/m0/s1. The minimum absolute atomic E-state index is 0.0695. The molecule has 3 rings (SSSR count). The first-order valence-electron chi connectivity index (χ1n) is 8.20. The zero-order valence-electron chi connectivity index (χ0n) is 14.3. The van der Waals surface area contributed by atoms with Crippen LogP contribution in [0, 0.1) is 0 Å². The van der Waals surface area contributed by atoms with Gasteiger partial charge in [-0.2, -0.15) is 0 Å². The molecule has 0 radical (unpaired) electrons. The number of benzene rings is 3. The quantitative estimate of drug-likeness (QED) is 0.728. The van der Waals surface area contributed by atoms with Crippen molar-refractivity contribution in [3.63, 3.8) is 0 Å². The average Bonchev–Trinajstić information content (AvgIpc) is 2.66. The number of carboxylic acid groups (broad SMARTS) is 1. The van der Waals surface area contributed by atoms with E-state index in [-0.39, 0.29) is 6.61 Å². The first-order valence-corrected chi connectivity index (χ1v) is 8.20. The van der Waals surface area contributed by atoms with Crippen molar-refractivity contribution in [2.75, 3.05) is 0 Å². The molecule has 1 amide bonds. The summed E-state index contributed by atoms with van der Waals surface area (Å²) < 4.78 is 5.17. The summed E-state index contributed by atoms with van der Waals surface area (Å²) >= 11 is 0. The molecule has 26 heavy (non-hydrogen) atoms. The van der Waals surface area contributed by atoms with Crippen LogP contribution in [-0.2, 0) is 21.7 Å². The summed E-state index contributed by atoms with van der Waals surface area (Å²) in [5.74, 6) is -1.16. The molecule has 0 bridgehead atoms. The Morgan fingerprint density at radius 1 is 0.962 bits per heavy atom. The van der Waals surface area contributed by atoms with E-state index in [0.717, 1.165) is 16.3 Å². The number of aliphatic carboxylic acids is 1. The summed E-state index contributed by atoms with van der Waals surface area (Å²) in [6.45, 7) is 1.52. The second-order valence-electron chi connectivity index (χ2n) is 6.18. The Bertz CT molecular complexity index is 939. The Morgan fingerprint density at radius 2 is 1.62 bits per heavy atom. The predicted molar refractivity (Wildman–Crippen MR) is 98.7 cm³/mol. The maximum atomic E-state index is 12.2. The minimum atomic E-state index is -1.60. The van der Waals surface area contributed by atoms with Crippen LogP contribution in [0.25, 0.3) is 10.8 Å². The molecular formula is C21H19NO4. The van der Waals surface area contributed by atoms with Crippen LogP contribution < -0.4 is 5.32 Å². The number of hydrogen-bond donors (Lipinski definition) is 2. The molecule has 0 aliphatic rings. The number of carboxylic acids is 1. The van der Waals surface area contributed by atoms with Crippen LogP contribution in [-0.4, -0.2) is 17.2 Å². The smallest absolute Gasteiger partial charge is 0.408 e. The first-order chi connectivity index (χ1) is 12.5. The van der Waals surface area contributed by atoms with Gasteiger partial charge in [0.25, 0.3) is 0 Å².